The molecular formula is C72H116ClF3N12O12. The summed E-state index contributed by atoms with van der Waals surface area (Å²) in [5.74, 6) is -10.9. The summed E-state index contributed by atoms with van der Waals surface area (Å²) in [6, 6.07) is -8.54. The fourth-order valence-corrected chi connectivity index (χ4v) is 17.3. The number of nitrogens with one attached hydrogen (secondary N) is 3. The number of carbonyl (C=O) groups is 12. The topological polar surface area (TPSA) is 270 Å². The van der Waals surface area contributed by atoms with E-state index in [1.165, 1.54) is 78.7 Å². The van der Waals surface area contributed by atoms with Gasteiger partial charge < -0.3 is 60.0 Å². The van der Waals surface area contributed by atoms with Crippen molar-refractivity contribution in [2.45, 2.75) is 260 Å². The van der Waals surface area contributed by atoms with Crippen LogP contribution in [-0.4, -0.2) is 263 Å². The van der Waals surface area contributed by atoms with Crippen molar-refractivity contribution in [2.24, 2.45) is 35.5 Å². The SMILES string of the molecule is CC[C@H](C)[C@@H]1NC(=O)[C@H](C2CCCCC2)N(C)C(=O)C[C@@H](C(=O)N2CCCCC2)N(C)C(=O)[C@H](C(C)C)N(C)C(=O)C2(CCCC2)NC(=O)[C@@H]2CCCN2C(=O)[C@H](CCC2CCC(C(F)(F)F)C(Cl)C2)NC(=O)CN(C)C(=O)[C@H](CC2CCCCC2)N(C)C(=O)CN(C)C(=O)CN(C)C1=O. The second-order valence-electron chi connectivity index (χ2n) is 30.8. The number of carbonyl (C=O) groups excluding carboxylic acids is 12. The van der Waals surface area contributed by atoms with Crippen molar-refractivity contribution in [3.63, 3.8) is 0 Å². The van der Waals surface area contributed by atoms with Gasteiger partial charge in [-0.25, -0.2) is 0 Å². The Bertz CT molecular complexity index is 2900. The van der Waals surface area contributed by atoms with Crippen LogP contribution in [0.5, 0.6) is 0 Å². The molecular weight excluding hydrogens is 1320 g/mol. The highest BCUT2D eigenvalue weighted by Gasteiger charge is 2.52. The standard InChI is InChI=1S/C72H116ClF3N12O12/c1-12-46(4)60-68(98)82(7)43-58(91)80(5)44-59(92)83(8)54(40-47-25-16-13-17-26-47)66(96)81(6)42-56(89)77-52(33-31-48-30-32-50(51(73)39-48)72(74,75)76)65(95)88-38-24-29-53(88)63(93)79-71(34-20-21-35-71)70(100)86(11)61(45(2)3)69(99)84(9)55(67(97)87-36-22-15-23-37-87)41-57(90)85(10)62(64(94)78-60)49-27-18-14-19-28-49/h45-55,60-62H,12-44H2,1-11H3,(H,77,89)(H,78,94)(H,79,93)/t46-,48?,50?,51?,52-,53-,54-,55-,60-,61-,62-/m0/s1. The predicted octanol–water partition coefficient (Wildman–Crippen LogP) is 6.09. The van der Waals surface area contributed by atoms with Crippen LogP contribution >= 0.6 is 11.6 Å². The summed E-state index contributed by atoms with van der Waals surface area (Å²) in [6.45, 7) is 6.36. The monoisotopic (exact) mass is 1430 g/mol. The van der Waals surface area contributed by atoms with E-state index in [2.05, 4.69) is 16.0 Å². The molecule has 12 amide bonds. The highest BCUT2D eigenvalue weighted by atomic mass is 35.5. The molecule has 0 aromatic heterocycles. The summed E-state index contributed by atoms with van der Waals surface area (Å²) in [5.41, 5.74) is -1.56. The van der Waals surface area contributed by atoms with Gasteiger partial charge in [-0.1, -0.05) is 98.3 Å². The van der Waals surface area contributed by atoms with Gasteiger partial charge in [0.15, 0.2) is 0 Å². The van der Waals surface area contributed by atoms with Gasteiger partial charge >= 0.3 is 6.18 Å². The Balaban J connectivity index is 1.26. The summed E-state index contributed by atoms with van der Waals surface area (Å²) in [5, 5.41) is 7.65. The summed E-state index contributed by atoms with van der Waals surface area (Å²) in [4.78, 5) is 191. The Kier molecular flexibility index (Phi) is 29.4. The second-order valence-corrected chi connectivity index (χ2v) is 31.3. The Hall–Kier alpha value is -6.28. The maximum absolute atomic E-state index is 15.5. The predicted molar refractivity (Wildman–Crippen MR) is 370 cm³/mol. The lowest BCUT2D eigenvalue weighted by Gasteiger charge is -2.42. The number of hydrogen-bond acceptors (Lipinski definition) is 12. The Morgan fingerprint density at radius 3 is 1.78 bits per heavy atom. The van der Waals surface area contributed by atoms with E-state index in [4.69, 9.17) is 11.6 Å². The maximum atomic E-state index is 15.5. The first-order valence-corrected chi connectivity index (χ1v) is 37.7. The largest absolute Gasteiger partial charge is 0.393 e. The second kappa shape index (κ2) is 36.2. The fourth-order valence-electron chi connectivity index (χ4n) is 16.8. The first kappa shape index (κ1) is 81.0. The molecule has 0 aromatic rings. The Morgan fingerprint density at radius 1 is 0.580 bits per heavy atom. The van der Waals surface area contributed by atoms with Crippen molar-refractivity contribution in [3.05, 3.63) is 0 Å². The van der Waals surface area contributed by atoms with E-state index in [1.807, 2.05) is 6.92 Å². The van der Waals surface area contributed by atoms with Gasteiger partial charge in [-0.05, 0) is 126 Å². The summed E-state index contributed by atoms with van der Waals surface area (Å²) < 4.78 is 42.0. The average molecular weight is 1430 g/mol. The summed E-state index contributed by atoms with van der Waals surface area (Å²) in [6.07, 6.45) is 7.86. The average Bonchev–Trinajstić information content (AvgIpc) is 1.38. The van der Waals surface area contributed by atoms with Crippen LogP contribution in [0.25, 0.3) is 0 Å². The van der Waals surface area contributed by atoms with Crippen LogP contribution in [0.2, 0.25) is 0 Å². The molecule has 11 atom stereocenters. The molecule has 0 radical (unpaired) electrons. The lowest BCUT2D eigenvalue weighted by Crippen LogP contribution is -2.65. The lowest BCUT2D eigenvalue weighted by molar-refractivity contribution is -0.182. The zero-order valence-electron chi connectivity index (χ0n) is 61.4. The first-order chi connectivity index (χ1) is 47.2. The molecule has 7 rings (SSSR count). The minimum absolute atomic E-state index is 0.000973. The van der Waals surface area contributed by atoms with Crippen LogP contribution in [-0.2, 0) is 57.5 Å². The molecule has 564 valence electrons. The van der Waals surface area contributed by atoms with Gasteiger partial charge in [-0.15, -0.1) is 11.6 Å². The van der Waals surface area contributed by atoms with Crippen LogP contribution in [0.4, 0.5) is 13.2 Å². The molecule has 4 saturated carbocycles. The first-order valence-electron chi connectivity index (χ1n) is 37.2. The number of likely N-dealkylation sites (N-methyl/N-ethyl adjacent to an activating group) is 7. The molecule has 3 saturated heterocycles. The minimum Gasteiger partial charge on any atom is -0.343 e. The van der Waals surface area contributed by atoms with E-state index in [0.29, 0.717) is 64.5 Å². The number of piperidine rings is 1. The number of alkyl halides is 4. The van der Waals surface area contributed by atoms with Crippen LogP contribution in [0.3, 0.4) is 0 Å². The third-order valence-corrected chi connectivity index (χ3v) is 23.8. The highest BCUT2D eigenvalue weighted by Crippen LogP contribution is 2.44. The number of rotatable bonds is 10. The maximum Gasteiger partial charge on any atom is 0.393 e. The zero-order chi connectivity index (χ0) is 73.7. The number of hydrogen-bond donors (Lipinski definition) is 3. The van der Waals surface area contributed by atoms with E-state index < -0.39 is 174 Å². The van der Waals surface area contributed by atoms with E-state index in [0.717, 1.165) is 67.6 Å². The Morgan fingerprint density at radius 2 is 1.18 bits per heavy atom. The number of nitrogens with zero attached hydrogens (tertiary/aromatic N) is 9. The van der Waals surface area contributed by atoms with Crippen LogP contribution in [0, 0.1) is 35.5 Å². The number of fused-ring (bicyclic) bond motifs is 1. The van der Waals surface area contributed by atoms with E-state index in [9.17, 15) is 37.1 Å². The van der Waals surface area contributed by atoms with Gasteiger partial charge in [0.05, 0.1) is 32.0 Å². The molecule has 1 spiro atoms. The van der Waals surface area contributed by atoms with Crippen LogP contribution in [0.15, 0.2) is 0 Å². The molecule has 7 fully saturated rings. The Labute approximate surface area is 595 Å². The van der Waals surface area contributed by atoms with Gasteiger partial charge in [0.1, 0.15) is 47.8 Å². The quantitative estimate of drug-likeness (QED) is 0.210. The number of likely N-dealkylation sites (tertiary alicyclic amines) is 1. The zero-order valence-corrected chi connectivity index (χ0v) is 62.1. The number of halogens is 4. The van der Waals surface area contributed by atoms with Crippen LogP contribution in [0.1, 0.15) is 201 Å². The summed E-state index contributed by atoms with van der Waals surface area (Å²) in [7, 11) is 10.1. The minimum atomic E-state index is -4.51. The fraction of sp³-hybridized carbons (Fsp3) is 0.833. The lowest BCUT2D eigenvalue weighted by atomic mass is 9.78. The van der Waals surface area contributed by atoms with Gasteiger partial charge in [0.2, 0.25) is 70.9 Å². The smallest absolute Gasteiger partial charge is 0.343 e. The molecule has 24 nitrogen and oxygen atoms in total. The molecule has 3 unspecified atom stereocenters. The molecule has 3 heterocycles. The van der Waals surface area contributed by atoms with Gasteiger partial charge in [-0.2, -0.15) is 13.2 Å². The van der Waals surface area contributed by atoms with Crippen molar-refractivity contribution in [1.82, 2.24) is 60.0 Å². The normalized spacial score (nSPS) is 30.1. The molecule has 28 heteroatoms. The molecule has 3 aliphatic heterocycles. The summed E-state index contributed by atoms with van der Waals surface area (Å²) >= 11 is 6.40. The van der Waals surface area contributed by atoms with Crippen molar-refractivity contribution in [3.8, 4) is 0 Å². The van der Waals surface area contributed by atoms with Gasteiger partial charge in [0.25, 0.3) is 0 Å². The van der Waals surface area contributed by atoms with Crippen molar-refractivity contribution in [1.29, 1.82) is 0 Å². The van der Waals surface area contributed by atoms with Crippen molar-refractivity contribution >= 4 is 82.5 Å². The molecule has 0 bridgehead atoms. The molecule has 3 N–H and O–H groups in total. The molecule has 100 heavy (non-hydrogen) atoms. The van der Waals surface area contributed by atoms with Crippen LogP contribution < -0.4 is 16.0 Å². The molecule has 0 aromatic carbocycles. The molecule has 4 aliphatic carbocycles. The van der Waals surface area contributed by atoms with Crippen molar-refractivity contribution < 1.29 is 70.7 Å². The van der Waals surface area contributed by atoms with E-state index >= 15 is 33.6 Å². The van der Waals surface area contributed by atoms with Gasteiger partial charge in [0, 0.05) is 74.3 Å². The van der Waals surface area contributed by atoms with E-state index in [-0.39, 0.29) is 82.1 Å². The van der Waals surface area contributed by atoms with Gasteiger partial charge in [-0.3, -0.25) is 57.5 Å². The third-order valence-electron chi connectivity index (χ3n) is 23.3. The van der Waals surface area contributed by atoms with Crippen molar-refractivity contribution in [2.75, 3.05) is 88.6 Å². The van der Waals surface area contributed by atoms with E-state index in [1.54, 1.807) is 25.7 Å². The molecule has 7 aliphatic rings. The third kappa shape index (κ3) is 20.1. The number of amides is 12. The highest BCUT2D eigenvalue weighted by molar-refractivity contribution is 6.21.